The highest BCUT2D eigenvalue weighted by Gasteiger charge is 2.15. The first-order valence-electron chi connectivity index (χ1n) is 7.76. The van der Waals surface area contributed by atoms with E-state index in [0.717, 1.165) is 19.5 Å². The minimum absolute atomic E-state index is 0.000543. The molecule has 1 aromatic rings. The molecular formula is C17H27NO3. The number of phenols is 1. The van der Waals surface area contributed by atoms with Gasteiger partial charge in [0.25, 0.3) is 0 Å². The number of aromatic hydroxyl groups is 1. The van der Waals surface area contributed by atoms with Crippen molar-refractivity contribution in [2.75, 3.05) is 26.7 Å². The van der Waals surface area contributed by atoms with Crippen LogP contribution in [0.3, 0.4) is 0 Å². The largest absolute Gasteiger partial charge is 0.507 e. The fourth-order valence-electron chi connectivity index (χ4n) is 2.15. The first-order valence-corrected chi connectivity index (χ1v) is 7.76. The summed E-state index contributed by atoms with van der Waals surface area (Å²) in [5, 5.41) is 9.83. The van der Waals surface area contributed by atoms with Gasteiger partial charge in [0.2, 0.25) is 0 Å². The lowest BCUT2D eigenvalue weighted by Gasteiger charge is -2.16. The molecule has 1 N–H and O–H groups in total. The average molecular weight is 293 g/mol. The molecule has 4 nitrogen and oxygen atoms in total. The van der Waals surface area contributed by atoms with Crippen molar-refractivity contribution in [3.63, 3.8) is 0 Å². The summed E-state index contributed by atoms with van der Waals surface area (Å²) < 4.78 is 5.69. The van der Waals surface area contributed by atoms with Gasteiger partial charge in [-0.15, -0.1) is 0 Å². The van der Waals surface area contributed by atoms with Gasteiger partial charge in [-0.05, 0) is 38.6 Å². The zero-order valence-corrected chi connectivity index (χ0v) is 13.4. The van der Waals surface area contributed by atoms with Gasteiger partial charge in [-0.2, -0.15) is 0 Å². The standard InChI is InChI=1S/C17H27NO3/c1-4-6-11-18(3)12-8-13-21-16-10-7-9-15(20)17(16)14(19)5-2/h7,9-10,20H,4-6,8,11-13H2,1-3H3. The summed E-state index contributed by atoms with van der Waals surface area (Å²) >= 11 is 0. The molecule has 0 unspecified atom stereocenters. The number of hydrogen-bond acceptors (Lipinski definition) is 4. The van der Waals surface area contributed by atoms with Crippen molar-refractivity contribution in [2.24, 2.45) is 0 Å². The number of ketones is 1. The summed E-state index contributed by atoms with van der Waals surface area (Å²) in [6.07, 6.45) is 3.66. The van der Waals surface area contributed by atoms with Crippen molar-refractivity contribution in [3.8, 4) is 11.5 Å². The third-order valence-corrected chi connectivity index (χ3v) is 3.44. The second-order valence-electron chi connectivity index (χ2n) is 5.29. The van der Waals surface area contributed by atoms with Gasteiger partial charge in [-0.1, -0.05) is 26.3 Å². The maximum absolute atomic E-state index is 11.9. The van der Waals surface area contributed by atoms with E-state index >= 15 is 0 Å². The van der Waals surface area contributed by atoms with Gasteiger partial charge >= 0.3 is 0 Å². The van der Waals surface area contributed by atoms with E-state index in [1.54, 1.807) is 19.1 Å². The number of carbonyl (C=O) groups is 1. The van der Waals surface area contributed by atoms with Gasteiger partial charge < -0.3 is 14.7 Å². The SMILES string of the molecule is CCCCN(C)CCCOc1cccc(O)c1C(=O)CC. The highest BCUT2D eigenvalue weighted by molar-refractivity contribution is 6.00. The van der Waals surface area contributed by atoms with Crippen LogP contribution in [0.5, 0.6) is 11.5 Å². The molecule has 21 heavy (non-hydrogen) atoms. The minimum Gasteiger partial charge on any atom is -0.507 e. The molecule has 118 valence electrons. The highest BCUT2D eigenvalue weighted by Crippen LogP contribution is 2.28. The molecule has 0 aliphatic rings. The number of hydrogen-bond donors (Lipinski definition) is 1. The van der Waals surface area contributed by atoms with Crippen molar-refractivity contribution in [1.82, 2.24) is 4.90 Å². The van der Waals surface area contributed by atoms with Crippen LogP contribution in [0.4, 0.5) is 0 Å². The van der Waals surface area contributed by atoms with Gasteiger partial charge in [-0.25, -0.2) is 0 Å². The molecule has 0 saturated carbocycles. The predicted octanol–water partition coefficient (Wildman–Crippen LogP) is 3.49. The Morgan fingerprint density at radius 1 is 1.24 bits per heavy atom. The molecule has 0 aromatic heterocycles. The van der Waals surface area contributed by atoms with E-state index in [-0.39, 0.29) is 11.5 Å². The van der Waals surface area contributed by atoms with Crippen molar-refractivity contribution >= 4 is 5.78 Å². The van der Waals surface area contributed by atoms with Crippen LogP contribution >= 0.6 is 0 Å². The van der Waals surface area contributed by atoms with E-state index in [9.17, 15) is 9.90 Å². The normalized spacial score (nSPS) is 10.9. The molecule has 1 rings (SSSR count). The maximum atomic E-state index is 11.9. The zero-order valence-electron chi connectivity index (χ0n) is 13.4. The first kappa shape index (κ1) is 17.5. The minimum atomic E-state index is -0.0943. The molecule has 0 aliphatic carbocycles. The number of rotatable bonds is 10. The lowest BCUT2D eigenvalue weighted by Crippen LogP contribution is -2.22. The number of phenolic OH excluding ortho intramolecular Hbond substituents is 1. The van der Waals surface area contributed by atoms with Crippen molar-refractivity contribution in [2.45, 2.75) is 39.5 Å². The lowest BCUT2D eigenvalue weighted by atomic mass is 10.1. The van der Waals surface area contributed by atoms with Gasteiger partial charge in [0.15, 0.2) is 5.78 Å². The van der Waals surface area contributed by atoms with E-state index < -0.39 is 0 Å². The Hall–Kier alpha value is -1.55. The molecule has 0 bridgehead atoms. The Kier molecular flexibility index (Phi) is 7.83. The van der Waals surface area contributed by atoms with Crippen LogP contribution in [0.2, 0.25) is 0 Å². The van der Waals surface area contributed by atoms with Gasteiger partial charge in [0.05, 0.1) is 6.61 Å². The van der Waals surface area contributed by atoms with Crippen molar-refractivity contribution in [1.29, 1.82) is 0 Å². The smallest absolute Gasteiger partial charge is 0.170 e. The summed E-state index contributed by atoms with van der Waals surface area (Å²) in [6, 6.07) is 4.96. The van der Waals surface area contributed by atoms with Crippen LogP contribution < -0.4 is 4.74 Å². The summed E-state index contributed by atoms with van der Waals surface area (Å²) in [7, 11) is 2.11. The summed E-state index contributed by atoms with van der Waals surface area (Å²) in [5.41, 5.74) is 0.305. The van der Waals surface area contributed by atoms with Gasteiger partial charge in [0.1, 0.15) is 17.1 Å². The number of ether oxygens (including phenoxy) is 1. The Balaban J connectivity index is 2.49. The van der Waals surface area contributed by atoms with Gasteiger partial charge in [0, 0.05) is 13.0 Å². The molecule has 0 atom stereocenters. The number of unbranched alkanes of at least 4 members (excludes halogenated alkanes) is 1. The molecule has 1 aromatic carbocycles. The van der Waals surface area contributed by atoms with Crippen LogP contribution in [-0.4, -0.2) is 42.5 Å². The fourth-order valence-corrected chi connectivity index (χ4v) is 2.15. The van der Waals surface area contributed by atoms with E-state index in [1.165, 1.54) is 18.9 Å². The van der Waals surface area contributed by atoms with Crippen LogP contribution in [0.25, 0.3) is 0 Å². The molecule has 0 aliphatic heterocycles. The third kappa shape index (κ3) is 5.76. The summed E-state index contributed by atoms with van der Waals surface area (Å²) in [5.74, 6) is 0.389. The van der Waals surface area contributed by atoms with Gasteiger partial charge in [-0.3, -0.25) is 4.79 Å². The summed E-state index contributed by atoms with van der Waals surface area (Å²) in [4.78, 5) is 14.2. The van der Waals surface area contributed by atoms with Crippen molar-refractivity contribution in [3.05, 3.63) is 23.8 Å². The molecule has 0 radical (unpaired) electrons. The number of Topliss-reactive ketones (excluding diaryl/α,β-unsaturated/α-hetero) is 1. The Bertz CT molecular complexity index is 446. The topological polar surface area (TPSA) is 49.8 Å². The fraction of sp³-hybridized carbons (Fsp3) is 0.588. The number of benzene rings is 1. The maximum Gasteiger partial charge on any atom is 0.170 e. The zero-order chi connectivity index (χ0) is 15.7. The third-order valence-electron chi connectivity index (χ3n) is 3.44. The number of nitrogens with zero attached hydrogens (tertiary/aromatic N) is 1. The van der Waals surface area contributed by atoms with E-state index in [4.69, 9.17) is 4.74 Å². The molecule has 0 fully saturated rings. The van der Waals surface area contributed by atoms with Crippen LogP contribution in [0.1, 0.15) is 49.9 Å². The molecular weight excluding hydrogens is 266 g/mol. The van der Waals surface area contributed by atoms with Crippen LogP contribution in [0.15, 0.2) is 18.2 Å². The molecule has 0 amide bonds. The van der Waals surface area contributed by atoms with Crippen LogP contribution in [0, 0.1) is 0 Å². The predicted molar refractivity (Wildman–Crippen MR) is 85.2 cm³/mol. The second kappa shape index (κ2) is 9.40. The molecule has 0 saturated heterocycles. The lowest BCUT2D eigenvalue weighted by molar-refractivity contribution is 0.0981. The van der Waals surface area contributed by atoms with E-state index in [0.29, 0.717) is 24.3 Å². The van der Waals surface area contributed by atoms with E-state index in [1.807, 2.05) is 0 Å². The summed E-state index contributed by atoms with van der Waals surface area (Å²) in [6.45, 7) is 6.58. The average Bonchev–Trinajstić information content (AvgIpc) is 2.48. The molecule has 0 heterocycles. The van der Waals surface area contributed by atoms with Crippen LogP contribution in [-0.2, 0) is 0 Å². The molecule has 0 spiro atoms. The highest BCUT2D eigenvalue weighted by atomic mass is 16.5. The Labute approximate surface area is 127 Å². The second-order valence-corrected chi connectivity index (χ2v) is 5.29. The monoisotopic (exact) mass is 293 g/mol. The molecule has 4 heteroatoms. The van der Waals surface area contributed by atoms with Crippen molar-refractivity contribution < 1.29 is 14.6 Å². The Morgan fingerprint density at radius 3 is 2.62 bits per heavy atom. The first-order chi connectivity index (χ1) is 10.1. The van der Waals surface area contributed by atoms with E-state index in [2.05, 4.69) is 18.9 Å². The number of carbonyl (C=O) groups excluding carboxylic acids is 1. The quantitative estimate of drug-likeness (QED) is 0.530. The Morgan fingerprint density at radius 2 is 1.95 bits per heavy atom.